The summed E-state index contributed by atoms with van der Waals surface area (Å²) < 4.78 is 66.9. The summed E-state index contributed by atoms with van der Waals surface area (Å²) >= 11 is 0. The first kappa shape index (κ1) is 25.5. The Bertz CT molecular complexity index is 1610. The molecule has 1 aromatic heterocycles. The third kappa shape index (κ3) is 5.74. The number of halogens is 5. The molecule has 7 nitrogen and oxygen atoms in total. The molecular formula is C27H18F5N5O2. The molecule has 4 aromatic rings. The zero-order valence-electron chi connectivity index (χ0n) is 19.7. The highest BCUT2D eigenvalue weighted by molar-refractivity contribution is 6.35. The molecule has 198 valence electrons. The maximum absolute atomic E-state index is 14.5. The zero-order chi connectivity index (χ0) is 27.7. The molecule has 5 rings (SSSR count). The van der Waals surface area contributed by atoms with Gasteiger partial charge in [0.2, 0.25) is 0 Å². The molecule has 0 aliphatic carbocycles. The third-order valence-corrected chi connectivity index (χ3v) is 5.71. The number of fused-ring (bicyclic) bond motifs is 1. The van der Waals surface area contributed by atoms with Crippen LogP contribution in [0.25, 0.3) is 11.6 Å². The second kappa shape index (κ2) is 9.97. The van der Waals surface area contributed by atoms with Crippen LogP contribution < -0.4 is 21.3 Å². The first-order valence-electron chi connectivity index (χ1n) is 11.4. The fourth-order valence-corrected chi connectivity index (χ4v) is 3.98. The Morgan fingerprint density at radius 2 is 1.64 bits per heavy atom. The van der Waals surface area contributed by atoms with Gasteiger partial charge in [-0.2, -0.15) is 13.2 Å². The van der Waals surface area contributed by atoms with Crippen molar-refractivity contribution in [1.29, 1.82) is 0 Å². The van der Waals surface area contributed by atoms with Gasteiger partial charge in [0, 0.05) is 34.5 Å². The quantitative estimate of drug-likeness (QED) is 0.137. The first-order chi connectivity index (χ1) is 18.5. The van der Waals surface area contributed by atoms with E-state index in [-0.39, 0.29) is 17.3 Å². The van der Waals surface area contributed by atoms with Gasteiger partial charge in [-0.05, 0) is 66.7 Å². The number of carbonyl (C=O) groups excluding carboxylic acids is 2. The number of hydrogen-bond donors (Lipinski definition) is 5. The van der Waals surface area contributed by atoms with Crippen LogP contribution in [0.5, 0.6) is 0 Å². The number of benzene rings is 3. The van der Waals surface area contributed by atoms with E-state index in [0.717, 1.165) is 17.8 Å². The second-order valence-electron chi connectivity index (χ2n) is 8.52. The van der Waals surface area contributed by atoms with E-state index in [1.807, 2.05) is 6.07 Å². The predicted octanol–water partition coefficient (Wildman–Crippen LogP) is 7.19. The molecule has 0 radical (unpaired) electrons. The van der Waals surface area contributed by atoms with Crippen molar-refractivity contribution in [3.05, 3.63) is 101 Å². The van der Waals surface area contributed by atoms with Crippen LogP contribution in [0.3, 0.4) is 0 Å². The first-order valence-corrected chi connectivity index (χ1v) is 11.4. The van der Waals surface area contributed by atoms with E-state index in [4.69, 9.17) is 0 Å². The fraction of sp³-hybridized carbons (Fsp3) is 0.0370. The zero-order valence-corrected chi connectivity index (χ0v) is 19.7. The van der Waals surface area contributed by atoms with E-state index in [1.165, 1.54) is 12.1 Å². The minimum atomic E-state index is -4.80. The molecule has 2 heterocycles. The molecule has 1 aliphatic rings. The molecule has 12 heteroatoms. The average molecular weight is 539 g/mol. The maximum atomic E-state index is 14.5. The Morgan fingerprint density at radius 1 is 0.872 bits per heavy atom. The number of aromatic nitrogens is 1. The second-order valence-corrected chi connectivity index (χ2v) is 8.52. The number of hydrogen-bond acceptors (Lipinski definition) is 3. The summed E-state index contributed by atoms with van der Waals surface area (Å²) in [5, 5.41) is 10.1. The molecule has 0 bridgehead atoms. The average Bonchev–Trinajstić information content (AvgIpc) is 3.48. The van der Waals surface area contributed by atoms with Crippen molar-refractivity contribution in [3.8, 4) is 0 Å². The molecule has 0 fully saturated rings. The molecule has 5 N–H and O–H groups in total. The summed E-state index contributed by atoms with van der Waals surface area (Å²) in [4.78, 5) is 27.8. The minimum absolute atomic E-state index is 0.0238. The lowest BCUT2D eigenvalue weighted by Crippen LogP contribution is -2.20. The van der Waals surface area contributed by atoms with Crippen molar-refractivity contribution in [2.75, 3.05) is 21.3 Å². The number of urea groups is 1. The van der Waals surface area contributed by atoms with Crippen LogP contribution >= 0.6 is 0 Å². The number of H-pyrrole nitrogens is 1. The van der Waals surface area contributed by atoms with Crippen molar-refractivity contribution < 1.29 is 31.5 Å². The van der Waals surface area contributed by atoms with E-state index in [0.29, 0.717) is 34.6 Å². The van der Waals surface area contributed by atoms with Gasteiger partial charge in [0.05, 0.1) is 22.5 Å². The van der Waals surface area contributed by atoms with Crippen LogP contribution in [0.4, 0.5) is 55.2 Å². The van der Waals surface area contributed by atoms with E-state index < -0.39 is 35.1 Å². The Hall–Kier alpha value is -5.13. The van der Waals surface area contributed by atoms with Gasteiger partial charge in [-0.25, -0.2) is 13.6 Å². The Balaban J connectivity index is 1.30. The lowest BCUT2D eigenvalue weighted by Gasteiger charge is -2.13. The molecule has 1 aliphatic heterocycles. The largest absolute Gasteiger partial charge is 0.416 e. The topological polar surface area (TPSA) is 98.0 Å². The van der Waals surface area contributed by atoms with Gasteiger partial charge < -0.3 is 26.3 Å². The smallest absolute Gasteiger partial charge is 0.362 e. The summed E-state index contributed by atoms with van der Waals surface area (Å²) in [5.41, 5.74) is 1.25. The highest BCUT2D eigenvalue weighted by Gasteiger charge is 2.31. The molecule has 3 aromatic carbocycles. The monoisotopic (exact) mass is 539 g/mol. The Labute approximate surface area is 217 Å². The van der Waals surface area contributed by atoms with Gasteiger partial charge in [0.15, 0.2) is 0 Å². The molecule has 0 spiro atoms. The number of alkyl halides is 3. The van der Waals surface area contributed by atoms with Crippen molar-refractivity contribution in [2.45, 2.75) is 6.18 Å². The van der Waals surface area contributed by atoms with Crippen LogP contribution in [-0.2, 0) is 11.0 Å². The van der Waals surface area contributed by atoms with E-state index in [1.54, 1.807) is 36.5 Å². The molecule has 0 saturated heterocycles. The van der Waals surface area contributed by atoms with Crippen molar-refractivity contribution in [2.24, 2.45) is 0 Å². The Morgan fingerprint density at radius 3 is 2.38 bits per heavy atom. The number of nitrogens with one attached hydrogen (secondary N) is 5. The van der Waals surface area contributed by atoms with Crippen molar-refractivity contribution >= 4 is 52.0 Å². The van der Waals surface area contributed by atoms with E-state index in [2.05, 4.69) is 26.3 Å². The van der Waals surface area contributed by atoms with Gasteiger partial charge >= 0.3 is 12.2 Å². The lowest BCUT2D eigenvalue weighted by molar-refractivity contribution is -0.137. The highest BCUT2D eigenvalue weighted by atomic mass is 19.4. The van der Waals surface area contributed by atoms with Crippen LogP contribution in [-0.4, -0.2) is 16.9 Å². The third-order valence-electron chi connectivity index (χ3n) is 5.71. The molecule has 39 heavy (non-hydrogen) atoms. The number of aromatic amines is 1. The van der Waals surface area contributed by atoms with Crippen molar-refractivity contribution in [1.82, 2.24) is 4.98 Å². The van der Waals surface area contributed by atoms with Crippen LogP contribution in [0, 0.1) is 11.6 Å². The van der Waals surface area contributed by atoms with Crippen LogP contribution in [0.2, 0.25) is 0 Å². The lowest BCUT2D eigenvalue weighted by atomic mass is 10.1. The maximum Gasteiger partial charge on any atom is 0.416 e. The minimum Gasteiger partial charge on any atom is -0.362 e. The van der Waals surface area contributed by atoms with Crippen molar-refractivity contribution in [3.63, 3.8) is 0 Å². The van der Waals surface area contributed by atoms with Gasteiger partial charge in [0.25, 0.3) is 5.91 Å². The normalized spacial score (nSPS) is 13.7. The van der Waals surface area contributed by atoms with Gasteiger partial charge in [-0.1, -0.05) is 6.07 Å². The number of anilines is 5. The summed E-state index contributed by atoms with van der Waals surface area (Å²) in [6, 6.07) is 12.8. The van der Waals surface area contributed by atoms with Crippen LogP contribution in [0.15, 0.2) is 72.9 Å². The summed E-state index contributed by atoms with van der Waals surface area (Å²) in [6.07, 6.45) is -1.35. The Kier molecular flexibility index (Phi) is 6.52. The van der Waals surface area contributed by atoms with Gasteiger partial charge in [0.1, 0.15) is 11.6 Å². The highest BCUT2D eigenvalue weighted by Crippen LogP contribution is 2.36. The molecule has 0 atom stereocenters. The summed E-state index contributed by atoms with van der Waals surface area (Å²) in [7, 11) is 0. The fourth-order valence-electron chi connectivity index (χ4n) is 3.98. The number of amides is 3. The van der Waals surface area contributed by atoms with E-state index >= 15 is 0 Å². The van der Waals surface area contributed by atoms with E-state index in [9.17, 15) is 31.5 Å². The standard InChI is InChI=1S/C27H18F5N5O2/c28-15-8-14(27(30,31)32)9-19(10-15)36-26(39)35-18-4-6-22(29)24(13-18)34-17-3-5-20-21(11-16-2-1-7-33-16)25(38)37-23(20)12-17/h1-13,33-34H,(H,37,38)(H2,35,36,39)/b21-11-. The predicted molar refractivity (Wildman–Crippen MR) is 137 cm³/mol. The molecular weight excluding hydrogens is 521 g/mol. The summed E-state index contributed by atoms with van der Waals surface area (Å²) in [6.45, 7) is 0. The van der Waals surface area contributed by atoms with Gasteiger partial charge in [-0.3, -0.25) is 4.79 Å². The summed E-state index contributed by atoms with van der Waals surface area (Å²) in [5.74, 6) is -2.12. The molecule has 0 unspecified atom stereocenters. The SMILES string of the molecule is O=C(Nc1cc(F)cc(C(F)(F)F)c1)Nc1ccc(F)c(Nc2ccc3c(c2)NC(=O)/C3=C\c2ccc[nH]2)c1. The van der Waals surface area contributed by atoms with Crippen LogP contribution in [0.1, 0.15) is 16.8 Å². The van der Waals surface area contributed by atoms with Gasteiger partial charge in [-0.15, -0.1) is 0 Å². The molecule has 3 amide bonds. The number of rotatable bonds is 5. The molecule has 0 saturated carbocycles. The number of carbonyl (C=O) groups is 2.